The number of likely N-dealkylation sites (tertiary alicyclic amines) is 1. The van der Waals surface area contributed by atoms with E-state index < -0.39 is 0 Å². The Morgan fingerprint density at radius 3 is 2.56 bits per heavy atom. The number of Topliss-reactive ketones (excluding diaryl/α,β-unsaturated/α-hetero) is 1. The van der Waals surface area contributed by atoms with Crippen LogP contribution in [-0.2, 0) is 4.79 Å². The summed E-state index contributed by atoms with van der Waals surface area (Å²) >= 11 is 0. The Morgan fingerprint density at radius 2 is 1.85 bits per heavy atom. The van der Waals surface area contributed by atoms with Crippen molar-refractivity contribution >= 4 is 11.7 Å². The molecule has 2 aromatic rings. The molecule has 1 aliphatic heterocycles. The van der Waals surface area contributed by atoms with Crippen molar-refractivity contribution in [2.24, 2.45) is 0 Å². The number of ketones is 1. The maximum Gasteiger partial charge on any atom is 0.261 e. The van der Waals surface area contributed by atoms with Crippen molar-refractivity contribution in [3.05, 3.63) is 59.7 Å². The number of ether oxygens (including phenoxy) is 2. The van der Waals surface area contributed by atoms with Gasteiger partial charge in [0, 0.05) is 12.1 Å². The first-order valence-electron chi connectivity index (χ1n) is 9.34. The smallest absolute Gasteiger partial charge is 0.261 e. The average molecular weight is 367 g/mol. The maximum absolute atomic E-state index is 12.7. The van der Waals surface area contributed by atoms with Gasteiger partial charge in [-0.1, -0.05) is 24.3 Å². The predicted molar refractivity (Wildman–Crippen MR) is 103 cm³/mol. The largest absolute Gasteiger partial charge is 0.494 e. The van der Waals surface area contributed by atoms with Gasteiger partial charge in [-0.3, -0.25) is 9.59 Å². The van der Waals surface area contributed by atoms with E-state index >= 15 is 0 Å². The molecule has 1 amide bonds. The molecule has 5 heteroatoms. The lowest BCUT2D eigenvalue weighted by molar-refractivity contribution is -0.134. The molecule has 0 saturated carbocycles. The summed E-state index contributed by atoms with van der Waals surface area (Å²) in [5.41, 5.74) is 1.69. The third-order valence-corrected chi connectivity index (χ3v) is 4.75. The summed E-state index contributed by atoms with van der Waals surface area (Å²) in [5, 5.41) is 0. The van der Waals surface area contributed by atoms with Crippen LogP contribution in [0.15, 0.2) is 48.5 Å². The van der Waals surface area contributed by atoms with Crippen LogP contribution in [0.1, 0.15) is 48.7 Å². The van der Waals surface area contributed by atoms with Crippen molar-refractivity contribution in [1.82, 2.24) is 4.90 Å². The third-order valence-electron chi connectivity index (χ3n) is 4.75. The molecular weight excluding hydrogens is 342 g/mol. The van der Waals surface area contributed by atoms with Crippen molar-refractivity contribution in [3.63, 3.8) is 0 Å². The molecule has 0 bridgehead atoms. The highest BCUT2D eigenvalue weighted by Crippen LogP contribution is 2.33. The lowest BCUT2D eigenvalue weighted by Crippen LogP contribution is -2.34. The summed E-state index contributed by atoms with van der Waals surface area (Å²) in [6.07, 6.45) is 1.92. The molecule has 0 aromatic heterocycles. The second kappa shape index (κ2) is 8.71. The molecule has 1 aliphatic rings. The highest BCUT2D eigenvalue weighted by molar-refractivity contribution is 5.94. The summed E-state index contributed by atoms with van der Waals surface area (Å²) in [6, 6.07) is 14.9. The van der Waals surface area contributed by atoms with Gasteiger partial charge in [0.25, 0.3) is 5.91 Å². The molecule has 3 rings (SSSR count). The van der Waals surface area contributed by atoms with E-state index in [1.807, 2.05) is 36.1 Å². The van der Waals surface area contributed by atoms with Crippen molar-refractivity contribution in [3.8, 4) is 11.5 Å². The van der Waals surface area contributed by atoms with Crippen LogP contribution < -0.4 is 9.47 Å². The fraction of sp³-hybridized carbons (Fsp3) is 0.364. The van der Waals surface area contributed by atoms with Crippen LogP contribution in [0.5, 0.6) is 11.5 Å². The zero-order valence-corrected chi connectivity index (χ0v) is 15.8. The van der Waals surface area contributed by atoms with Gasteiger partial charge in [0.15, 0.2) is 12.4 Å². The molecule has 1 heterocycles. The first-order valence-corrected chi connectivity index (χ1v) is 9.34. The molecule has 1 unspecified atom stereocenters. The van der Waals surface area contributed by atoms with Crippen molar-refractivity contribution in [2.45, 2.75) is 32.7 Å². The number of amides is 1. The van der Waals surface area contributed by atoms with Crippen LogP contribution in [0.4, 0.5) is 0 Å². The lowest BCUT2D eigenvalue weighted by atomic mass is 10.0. The van der Waals surface area contributed by atoms with Crippen LogP contribution >= 0.6 is 0 Å². The number of hydrogen-bond donors (Lipinski definition) is 0. The standard InChI is InChI=1S/C22H25NO4/c1-3-26-19-11-9-17(10-12-19)21-8-5-13-23(21)22(25)15-27-20-7-4-6-18(14-20)16(2)24/h4,6-7,9-12,14,21H,3,5,8,13,15H2,1-2H3. The van der Waals surface area contributed by atoms with Gasteiger partial charge in [-0.2, -0.15) is 0 Å². The summed E-state index contributed by atoms with van der Waals surface area (Å²) in [4.78, 5) is 26.0. The summed E-state index contributed by atoms with van der Waals surface area (Å²) in [7, 11) is 0. The first-order chi connectivity index (χ1) is 13.1. The van der Waals surface area contributed by atoms with Gasteiger partial charge in [0.05, 0.1) is 12.6 Å². The lowest BCUT2D eigenvalue weighted by Gasteiger charge is -2.25. The molecule has 2 aromatic carbocycles. The fourth-order valence-corrected chi connectivity index (χ4v) is 3.40. The molecule has 142 valence electrons. The number of hydrogen-bond acceptors (Lipinski definition) is 4. The molecular formula is C22H25NO4. The van der Waals surface area contributed by atoms with Gasteiger partial charge in [0.1, 0.15) is 11.5 Å². The van der Waals surface area contributed by atoms with Gasteiger partial charge in [0.2, 0.25) is 0 Å². The van der Waals surface area contributed by atoms with Gasteiger partial charge in [-0.05, 0) is 56.5 Å². The molecule has 1 atom stereocenters. The SMILES string of the molecule is CCOc1ccc(C2CCCN2C(=O)COc2cccc(C(C)=O)c2)cc1. The van der Waals surface area contributed by atoms with Gasteiger partial charge < -0.3 is 14.4 Å². The molecule has 1 saturated heterocycles. The van der Waals surface area contributed by atoms with Crippen molar-refractivity contribution in [2.75, 3.05) is 19.8 Å². The first kappa shape index (κ1) is 19.0. The zero-order chi connectivity index (χ0) is 19.2. The van der Waals surface area contributed by atoms with E-state index in [-0.39, 0.29) is 24.3 Å². The minimum absolute atomic E-state index is 0.0260. The highest BCUT2D eigenvalue weighted by atomic mass is 16.5. The Kier molecular flexibility index (Phi) is 6.12. The fourth-order valence-electron chi connectivity index (χ4n) is 3.40. The van der Waals surface area contributed by atoms with E-state index in [1.54, 1.807) is 24.3 Å². The summed E-state index contributed by atoms with van der Waals surface area (Å²) in [5.74, 6) is 1.31. The highest BCUT2D eigenvalue weighted by Gasteiger charge is 2.30. The van der Waals surface area contributed by atoms with E-state index in [1.165, 1.54) is 6.92 Å². The predicted octanol–water partition coefficient (Wildman–Crippen LogP) is 4.03. The van der Waals surface area contributed by atoms with Crippen molar-refractivity contribution < 1.29 is 19.1 Å². The summed E-state index contributed by atoms with van der Waals surface area (Å²) in [6.45, 7) is 4.80. The Morgan fingerprint density at radius 1 is 1.07 bits per heavy atom. The Hall–Kier alpha value is -2.82. The second-order valence-corrected chi connectivity index (χ2v) is 6.62. The molecule has 1 fully saturated rings. The topological polar surface area (TPSA) is 55.8 Å². The Bertz CT molecular complexity index is 800. The van der Waals surface area contributed by atoms with E-state index in [9.17, 15) is 9.59 Å². The second-order valence-electron chi connectivity index (χ2n) is 6.62. The third kappa shape index (κ3) is 4.67. The van der Waals surface area contributed by atoms with E-state index in [0.717, 1.165) is 30.7 Å². The van der Waals surface area contributed by atoms with Gasteiger partial charge in [-0.25, -0.2) is 0 Å². The van der Waals surface area contributed by atoms with Crippen LogP contribution in [0.25, 0.3) is 0 Å². The van der Waals surface area contributed by atoms with Crippen LogP contribution in [-0.4, -0.2) is 36.3 Å². The van der Waals surface area contributed by atoms with Crippen LogP contribution in [0.2, 0.25) is 0 Å². The number of carbonyl (C=O) groups is 2. The molecule has 0 aliphatic carbocycles. The molecule has 5 nitrogen and oxygen atoms in total. The average Bonchev–Trinajstić information content (AvgIpc) is 3.17. The van der Waals surface area contributed by atoms with Crippen LogP contribution in [0.3, 0.4) is 0 Å². The monoisotopic (exact) mass is 367 g/mol. The minimum Gasteiger partial charge on any atom is -0.494 e. The quantitative estimate of drug-likeness (QED) is 0.693. The molecule has 0 N–H and O–H groups in total. The number of nitrogens with zero attached hydrogens (tertiary/aromatic N) is 1. The maximum atomic E-state index is 12.7. The Labute approximate surface area is 159 Å². The number of benzene rings is 2. The van der Waals surface area contributed by atoms with E-state index in [0.29, 0.717) is 17.9 Å². The van der Waals surface area contributed by atoms with Crippen molar-refractivity contribution in [1.29, 1.82) is 0 Å². The Balaban J connectivity index is 1.63. The van der Waals surface area contributed by atoms with Crippen LogP contribution in [0, 0.1) is 0 Å². The number of carbonyl (C=O) groups excluding carboxylic acids is 2. The molecule has 27 heavy (non-hydrogen) atoms. The molecule has 0 spiro atoms. The molecule has 0 radical (unpaired) electrons. The van der Waals surface area contributed by atoms with Gasteiger partial charge in [-0.15, -0.1) is 0 Å². The zero-order valence-electron chi connectivity index (χ0n) is 15.8. The van der Waals surface area contributed by atoms with Gasteiger partial charge >= 0.3 is 0 Å². The van der Waals surface area contributed by atoms with E-state index in [2.05, 4.69) is 0 Å². The summed E-state index contributed by atoms with van der Waals surface area (Å²) < 4.78 is 11.1. The normalized spacial score (nSPS) is 16.2. The van der Waals surface area contributed by atoms with E-state index in [4.69, 9.17) is 9.47 Å². The minimum atomic E-state index is -0.0420. The number of rotatable bonds is 7.